The minimum Gasteiger partial charge on any atom is -0.497 e. The molecule has 1 aromatic heterocycles. The Morgan fingerprint density at radius 2 is 1.93 bits per heavy atom. The van der Waals surface area contributed by atoms with Crippen molar-refractivity contribution in [1.82, 2.24) is 10.3 Å². The lowest BCUT2D eigenvalue weighted by Crippen LogP contribution is -2.52. The summed E-state index contributed by atoms with van der Waals surface area (Å²) in [5.74, 6) is -7.40. The van der Waals surface area contributed by atoms with Crippen molar-refractivity contribution in [3.05, 3.63) is 100 Å². The number of aromatic nitrogens is 1. The number of fused-ring (bicyclic) bond motifs is 1. The zero-order chi connectivity index (χ0) is 30.3. The van der Waals surface area contributed by atoms with Crippen molar-refractivity contribution in [2.75, 3.05) is 14.2 Å². The topological polar surface area (TPSA) is 77.2 Å². The van der Waals surface area contributed by atoms with Crippen LogP contribution in [0.25, 0.3) is 16.7 Å². The third kappa shape index (κ3) is 4.77. The number of carbonyl (C=O) groups is 1. The number of esters is 1. The first-order chi connectivity index (χ1) is 20.0. The van der Waals surface area contributed by atoms with E-state index in [1.54, 1.807) is 24.3 Å². The Kier molecular flexibility index (Phi) is 7.49. The maximum Gasteiger partial charge on any atom is 0.329 e. The van der Waals surface area contributed by atoms with E-state index >= 15 is 17.6 Å². The van der Waals surface area contributed by atoms with Crippen molar-refractivity contribution in [2.45, 2.75) is 29.7 Å². The van der Waals surface area contributed by atoms with Gasteiger partial charge >= 0.3 is 5.97 Å². The molecule has 0 bridgehead atoms. The second-order valence-corrected chi connectivity index (χ2v) is 11.2. The fourth-order valence-electron chi connectivity index (χ4n) is 5.23. The number of methoxy groups -OCH3 is 2. The van der Waals surface area contributed by atoms with E-state index in [0.717, 1.165) is 24.8 Å². The molecule has 7 nitrogen and oxygen atoms in total. The SMILES string of the molecule is [C-]#[N+]c1ccc(/C(F)=C/c2ccc(F)c([C@@]3(C)NC(=NCc4ccc(OC)cc4)S[C@]4(C(=O)OC)[C@H]3C4(F)F)c2)nc1. The third-order valence-corrected chi connectivity index (χ3v) is 8.82. The second kappa shape index (κ2) is 10.8. The second-order valence-electron chi connectivity index (χ2n) is 9.93. The maximum atomic E-state index is 15.7. The number of hydrogen-bond donors (Lipinski definition) is 1. The Morgan fingerprint density at radius 1 is 1.19 bits per heavy atom. The van der Waals surface area contributed by atoms with Crippen LogP contribution in [0.3, 0.4) is 0 Å². The van der Waals surface area contributed by atoms with Gasteiger partial charge in [-0.25, -0.2) is 22.4 Å². The van der Waals surface area contributed by atoms with Crippen LogP contribution in [0.2, 0.25) is 0 Å². The summed E-state index contributed by atoms with van der Waals surface area (Å²) in [6.45, 7) is 8.45. The largest absolute Gasteiger partial charge is 0.497 e. The van der Waals surface area contributed by atoms with E-state index in [9.17, 15) is 4.79 Å². The predicted octanol–water partition coefficient (Wildman–Crippen LogP) is 6.53. The number of alkyl halides is 2. The van der Waals surface area contributed by atoms with Crippen LogP contribution in [-0.2, 0) is 21.6 Å². The molecule has 2 heterocycles. The van der Waals surface area contributed by atoms with Crippen molar-refractivity contribution in [3.63, 3.8) is 0 Å². The lowest BCUT2D eigenvalue weighted by Gasteiger charge is -2.38. The number of rotatable bonds is 7. The van der Waals surface area contributed by atoms with Crippen LogP contribution in [0.15, 0.2) is 65.8 Å². The quantitative estimate of drug-likeness (QED) is 0.190. The Hall–Kier alpha value is -4.37. The van der Waals surface area contributed by atoms with Gasteiger partial charge in [0, 0.05) is 11.8 Å². The summed E-state index contributed by atoms with van der Waals surface area (Å²) >= 11 is 0.558. The number of nitrogens with zero attached hydrogens (tertiary/aromatic N) is 3. The molecule has 1 N–H and O–H groups in total. The first-order valence-corrected chi connectivity index (χ1v) is 13.4. The number of nitrogens with one attached hydrogen (secondary N) is 1. The average molecular weight is 597 g/mol. The van der Waals surface area contributed by atoms with E-state index in [-0.39, 0.29) is 34.2 Å². The molecule has 0 unspecified atom stereocenters. The molecule has 5 rings (SSSR count). The predicted molar refractivity (Wildman–Crippen MR) is 151 cm³/mol. The number of amidine groups is 1. The summed E-state index contributed by atoms with van der Waals surface area (Å²) in [4.78, 5) is 24.4. The summed E-state index contributed by atoms with van der Waals surface area (Å²) in [6, 6.07) is 13.3. The first kappa shape index (κ1) is 29.1. The number of ether oxygens (including phenoxy) is 2. The molecule has 0 spiro atoms. The smallest absolute Gasteiger partial charge is 0.329 e. The molecule has 3 atom stereocenters. The molecule has 12 heteroatoms. The molecule has 1 saturated carbocycles. The Labute approximate surface area is 243 Å². The van der Waals surface area contributed by atoms with E-state index < -0.39 is 39.7 Å². The highest BCUT2D eigenvalue weighted by Crippen LogP contribution is 2.74. The number of hydrogen-bond acceptors (Lipinski definition) is 6. The summed E-state index contributed by atoms with van der Waals surface area (Å²) in [5.41, 5.74) is -0.941. The summed E-state index contributed by atoms with van der Waals surface area (Å²) in [5, 5.41) is 2.96. The number of thioether (sulfide) groups is 1. The van der Waals surface area contributed by atoms with Crippen molar-refractivity contribution in [3.8, 4) is 5.75 Å². The van der Waals surface area contributed by atoms with Gasteiger partial charge < -0.3 is 14.8 Å². The standard InChI is InChI=1S/C30H24F4N4O3S/c1-28(21-13-18(7-11-22(21)31)14-23(32)24-12-8-19(35-2)16-36-24)25-29(26(39)41-4,30(25,33)34)42-27(38-28)37-15-17-5-9-20(40-3)10-6-17/h5-14,16,25H,15H2,1,3-4H3,(H,37,38)/b23-14-/t25-,28+,29-/m0/s1. The average Bonchev–Trinajstić information content (AvgIpc) is 3.53. The Bertz CT molecular complexity index is 1640. The van der Waals surface area contributed by atoms with Gasteiger partial charge in [-0.05, 0) is 54.5 Å². The molecule has 2 aliphatic rings. The number of carbonyl (C=O) groups excluding carboxylic acids is 1. The van der Waals surface area contributed by atoms with Gasteiger partial charge in [0.15, 0.2) is 9.91 Å². The van der Waals surface area contributed by atoms with Gasteiger partial charge in [-0.1, -0.05) is 36.0 Å². The van der Waals surface area contributed by atoms with E-state index in [0.29, 0.717) is 17.5 Å². The normalized spacial score (nSPS) is 25.1. The number of benzene rings is 2. The fourth-order valence-corrected chi connectivity index (χ4v) is 6.79. The molecule has 42 heavy (non-hydrogen) atoms. The minimum absolute atomic E-state index is 0.00256. The van der Waals surface area contributed by atoms with E-state index in [1.165, 1.54) is 44.5 Å². The highest BCUT2D eigenvalue weighted by atomic mass is 32.2. The molecule has 1 aliphatic heterocycles. The van der Waals surface area contributed by atoms with Gasteiger partial charge in [0.1, 0.15) is 17.4 Å². The van der Waals surface area contributed by atoms with Crippen LogP contribution >= 0.6 is 11.8 Å². The Morgan fingerprint density at radius 3 is 2.55 bits per heavy atom. The molecule has 1 saturated heterocycles. The van der Waals surface area contributed by atoms with Crippen molar-refractivity contribution in [1.29, 1.82) is 0 Å². The molecule has 216 valence electrons. The highest BCUT2D eigenvalue weighted by Gasteiger charge is 2.92. The van der Waals surface area contributed by atoms with Crippen LogP contribution in [0, 0.1) is 18.3 Å². The van der Waals surface area contributed by atoms with E-state index in [4.69, 9.17) is 16.0 Å². The third-order valence-electron chi connectivity index (χ3n) is 7.40. The van der Waals surface area contributed by atoms with Gasteiger partial charge in [-0.15, -0.1) is 0 Å². The van der Waals surface area contributed by atoms with Crippen LogP contribution < -0.4 is 10.1 Å². The first-order valence-electron chi connectivity index (χ1n) is 12.6. The van der Waals surface area contributed by atoms with E-state index in [2.05, 4.69) is 20.1 Å². The lowest BCUT2D eigenvalue weighted by atomic mass is 9.84. The zero-order valence-electron chi connectivity index (χ0n) is 22.6. The molecule has 2 fully saturated rings. The van der Waals surface area contributed by atoms with Gasteiger partial charge in [-0.3, -0.25) is 14.8 Å². The summed E-state index contributed by atoms with van der Waals surface area (Å²) in [6.07, 6.45) is 2.30. The highest BCUT2D eigenvalue weighted by molar-refractivity contribution is 8.16. The van der Waals surface area contributed by atoms with Crippen LogP contribution in [0.1, 0.15) is 29.3 Å². The number of pyridine rings is 1. The lowest BCUT2D eigenvalue weighted by molar-refractivity contribution is -0.143. The molecule has 2 aromatic carbocycles. The number of aliphatic imine (C=N–C) groups is 1. The molecule has 1 aliphatic carbocycles. The monoisotopic (exact) mass is 596 g/mol. The van der Waals surface area contributed by atoms with Crippen LogP contribution in [0.5, 0.6) is 5.75 Å². The van der Waals surface area contributed by atoms with Crippen molar-refractivity contribution >= 4 is 40.5 Å². The molecule has 0 radical (unpaired) electrons. The summed E-state index contributed by atoms with van der Waals surface area (Å²) < 4.78 is 69.4. The van der Waals surface area contributed by atoms with Crippen molar-refractivity contribution in [2.24, 2.45) is 10.9 Å². The molecular formula is C30H24F4N4O3S. The molecule has 0 amide bonds. The van der Waals surface area contributed by atoms with E-state index in [1.807, 2.05) is 0 Å². The molecular weight excluding hydrogens is 572 g/mol. The summed E-state index contributed by atoms with van der Waals surface area (Å²) in [7, 11) is 2.55. The van der Waals surface area contributed by atoms with Gasteiger partial charge in [-0.2, -0.15) is 0 Å². The molecule has 3 aromatic rings. The zero-order valence-corrected chi connectivity index (χ0v) is 23.4. The van der Waals surface area contributed by atoms with Crippen molar-refractivity contribution < 1.29 is 31.8 Å². The number of halogens is 4. The fraction of sp³-hybridized carbons (Fsp3) is 0.267. The van der Waals surface area contributed by atoms with Gasteiger partial charge in [0.25, 0.3) is 5.92 Å². The van der Waals surface area contributed by atoms with Gasteiger partial charge in [0.2, 0.25) is 5.69 Å². The van der Waals surface area contributed by atoms with Crippen LogP contribution in [-0.4, -0.2) is 41.0 Å². The Balaban J connectivity index is 1.55. The van der Waals surface area contributed by atoms with Gasteiger partial charge in [0.05, 0.1) is 44.5 Å². The maximum absolute atomic E-state index is 15.7. The van der Waals surface area contributed by atoms with Crippen LogP contribution in [0.4, 0.5) is 23.2 Å². The minimum atomic E-state index is -3.58.